The van der Waals surface area contributed by atoms with Crippen LogP contribution in [0.2, 0.25) is 0 Å². The molecule has 24 heavy (non-hydrogen) atoms. The van der Waals surface area contributed by atoms with Crippen LogP contribution in [-0.4, -0.2) is 27.1 Å². The third kappa shape index (κ3) is 4.66. The molecule has 3 heterocycles. The molecule has 0 spiro atoms. The molecular formula is C18H19N3OS2. The summed E-state index contributed by atoms with van der Waals surface area (Å²) in [4.78, 5) is 17.0. The predicted octanol–water partition coefficient (Wildman–Crippen LogP) is 3.83. The van der Waals surface area contributed by atoms with Crippen LogP contribution >= 0.6 is 22.7 Å². The minimum atomic E-state index is 0.0313. The lowest BCUT2D eigenvalue weighted by molar-refractivity contribution is -0.126. The molecule has 0 aliphatic rings. The third-order valence-corrected chi connectivity index (χ3v) is 5.39. The second kappa shape index (κ2) is 8.08. The van der Waals surface area contributed by atoms with Crippen LogP contribution < -0.4 is 0 Å². The molecule has 124 valence electrons. The smallest absolute Gasteiger partial charge is 0.246 e. The zero-order valence-corrected chi connectivity index (χ0v) is 15.1. The van der Waals surface area contributed by atoms with Gasteiger partial charge < -0.3 is 4.90 Å². The quantitative estimate of drug-likeness (QED) is 0.603. The highest BCUT2D eigenvalue weighted by molar-refractivity contribution is 7.10. The monoisotopic (exact) mass is 357 g/mol. The molecule has 1 amide bonds. The molecule has 0 aliphatic carbocycles. The first-order valence-corrected chi connectivity index (χ1v) is 9.47. The number of aryl methyl sites for hydroxylation is 1. The van der Waals surface area contributed by atoms with Crippen LogP contribution in [0.25, 0.3) is 6.08 Å². The van der Waals surface area contributed by atoms with Gasteiger partial charge in [0.05, 0.1) is 12.7 Å². The van der Waals surface area contributed by atoms with Gasteiger partial charge in [0.15, 0.2) is 0 Å². The molecule has 0 saturated carbocycles. The maximum Gasteiger partial charge on any atom is 0.246 e. The third-order valence-electron chi connectivity index (χ3n) is 3.59. The lowest BCUT2D eigenvalue weighted by atomic mass is 10.2. The standard InChI is InChI=1S/C18H19N3OS2/c1-20-13-15(12-19-20)6-7-18(22)21(14-17-5-3-11-24-17)9-8-16-4-2-10-23-16/h2-7,10-13H,8-9,14H2,1H3/b7-6+. The molecule has 4 nitrogen and oxygen atoms in total. The summed E-state index contributed by atoms with van der Waals surface area (Å²) in [5.41, 5.74) is 0.931. The van der Waals surface area contributed by atoms with Crippen molar-refractivity contribution in [1.82, 2.24) is 14.7 Å². The normalized spacial score (nSPS) is 11.2. The highest BCUT2D eigenvalue weighted by atomic mass is 32.1. The minimum Gasteiger partial charge on any atom is -0.334 e. The summed E-state index contributed by atoms with van der Waals surface area (Å²) in [6, 6.07) is 8.26. The topological polar surface area (TPSA) is 38.1 Å². The van der Waals surface area contributed by atoms with Gasteiger partial charge in [-0.15, -0.1) is 22.7 Å². The van der Waals surface area contributed by atoms with Crippen LogP contribution in [0.3, 0.4) is 0 Å². The molecular weight excluding hydrogens is 338 g/mol. The Balaban J connectivity index is 1.67. The van der Waals surface area contributed by atoms with Crippen LogP contribution in [0, 0.1) is 0 Å². The van der Waals surface area contributed by atoms with E-state index in [2.05, 4.69) is 22.6 Å². The lowest BCUT2D eigenvalue weighted by Crippen LogP contribution is -2.30. The number of rotatable bonds is 7. The van der Waals surface area contributed by atoms with Crippen molar-refractivity contribution in [2.45, 2.75) is 13.0 Å². The van der Waals surface area contributed by atoms with Gasteiger partial charge in [-0.05, 0) is 35.4 Å². The Morgan fingerprint density at radius 2 is 2.00 bits per heavy atom. The Morgan fingerprint density at radius 3 is 2.62 bits per heavy atom. The first-order valence-electron chi connectivity index (χ1n) is 7.71. The summed E-state index contributed by atoms with van der Waals surface area (Å²) in [5.74, 6) is 0.0313. The first kappa shape index (κ1) is 16.7. The fourth-order valence-electron chi connectivity index (χ4n) is 2.36. The fourth-order valence-corrected chi connectivity index (χ4v) is 3.77. The van der Waals surface area contributed by atoms with Crippen molar-refractivity contribution in [1.29, 1.82) is 0 Å². The molecule has 0 aliphatic heterocycles. The molecule has 0 N–H and O–H groups in total. The first-order chi connectivity index (χ1) is 11.7. The van der Waals surface area contributed by atoms with E-state index in [4.69, 9.17) is 0 Å². The minimum absolute atomic E-state index is 0.0313. The number of hydrogen-bond donors (Lipinski definition) is 0. The van der Waals surface area contributed by atoms with Crippen molar-refractivity contribution in [2.24, 2.45) is 7.05 Å². The molecule has 0 atom stereocenters. The number of thiophene rings is 2. The molecule has 3 rings (SSSR count). The van der Waals surface area contributed by atoms with Crippen molar-refractivity contribution in [3.63, 3.8) is 0 Å². The zero-order chi connectivity index (χ0) is 16.8. The SMILES string of the molecule is Cn1cc(/C=C/C(=O)N(CCc2cccs2)Cc2cccs2)cn1. The van der Waals surface area contributed by atoms with E-state index in [0.717, 1.165) is 12.0 Å². The number of nitrogens with zero attached hydrogens (tertiary/aromatic N) is 3. The largest absolute Gasteiger partial charge is 0.334 e. The number of carbonyl (C=O) groups excluding carboxylic acids is 1. The van der Waals surface area contributed by atoms with Crippen LogP contribution in [0.15, 0.2) is 53.5 Å². The van der Waals surface area contributed by atoms with Crippen LogP contribution in [0.1, 0.15) is 15.3 Å². The van der Waals surface area contributed by atoms with Crippen molar-refractivity contribution in [3.05, 3.63) is 68.8 Å². The summed E-state index contributed by atoms with van der Waals surface area (Å²) in [5, 5.41) is 8.23. The second-order valence-electron chi connectivity index (χ2n) is 5.45. The van der Waals surface area contributed by atoms with Gasteiger partial charge >= 0.3 is 0 Å². The molecule has 0 fully saturated rings. The number of hydrogen-bond acceptors (Lipinski definition) is 4. The fraction of sp³-hybridized carbons (Fsp3) is 0.222. The average Bonchev–Trinajstić information content (AvgIpc) is 3.32. The molecule has 6 heteroatoms. The summed E-state index contributed by atoms with van der Waals surface area (Å²) >= 11 is 3.41. The summed E-state index contributed by atoms with van der Waals surface area (Å²) in [6.45, 7) is 1.37. The highest BCUT2D eigenvalue weighted by Gasteiger charge is 2.12. The van der Waals surface area contributed by atoms with Gasteiger partial charge in [-0.25, -0.2) is 0 Å². The maximum atomic E-state index is 12.6. The van der Waals surface area contributed by atoms with Gasteiger partial charge in [-0.2, -0.15) is 5.10 Å². The van der Waals surface area contributed by atoms with E-state index in [9.17, 15) is 4.79 Å². The molecule has 0 saturated heterocycles. The Kier molecular flexibility index (Phi) is 5.61. The van der Waals surface area contributed by atoms with E-state index in [1.807, 2.05) is 41.7 Å². The number of amides is 1. The zero-order valence-electron chi connectivity index (χ0n) is 13.5. The van der Waals surface area contributed by atoms with Gasteiger partial charge in [0.2, 0.25) is 5.91 Å². The molecule has 3 aromatic heterocycles. The summed E-state index contributed by atoms with van der Waals surface area (Å²) in [7, 11) is 1.86. The molecule has 0 radical (unpaired) electrons. The highest BCUT2D eigenvalue weighted by Crippen LogP contribution is 2.15. The van der Waals surface area contributed by atoms with Gasteiger partial charge in [0.25, 0.3) is 0 Å². The van der Waals surface area contributed by atoms with E-state index in [-0.39, 0.29) is 5.91 Å². The Bertz CT molecular complexity index is 788. The van der Waals surface area contributed by atoms with E-state index in [1.165, 1.54) is 9.75 Å². The van der Waals surface area contributed by atoms with Gasteiger partial charge in [0.1, 0.15) is 0 Å². The Labute approximate surface area is 149 Å². The van der Waals surface area contributed by atoms with Crippen molar-refractivity contribution < 1.29 is 4.79 Å². The second-order valence-corrected chi connectivity index (χ2v) is 7.51. The van der Waals surface area contributed by atoms with E-state index >= 15 is 0 Å². The van der Waals surface area contributed by atoms with Gasteiger partial charge in [0, 0.05) is 41.2 Å². The molecule has 3 aromatic rings. The van der Waals surface area contributed by atoms with E-state index < -0.39 is 0 Å². The molecule has 0 unspecified atom stereocenters. The summed E-state index contributed by atoms with van der Waals surface area (Å²) < 4.78 is 1.73. The number of aromatic nitrogens is 2. The van der Waals surface area contributed by atoms with E-state index in [1.54, 1.807) is 39.6 Å². The van der Waals surface area contributed by atoms with Crippen LogP contribution in [0.4, 0.5) is 0 Å². The lowest BCUT2D eigenvalue weighted by Gasteiger charge is -2.20. The van der Waals surface area contributed by atoms with Crippen molar-refractivity contribution in [3.8, 4) is 0 Å². The van der Waals surface area contributed by atoms with Crippen LogP contribution in [-0.2, 0) is 24.8 Å². The Morgan fingerprint density at radius 1 is 1.25 bits per heavy atom. The van der Waals surface area contributed by atoms with E-state index in [0.29, 0.717) is 13.1 Å². The van der Waals surface area contributed by atoms with Gasteiger partial charge in [-0.3, -0.25) is 9.48 Å². The van der Waals surface area contributed by atoms with Crippen molar-refractivity contribution >= 4 is 34.7 Å². The van der Waals surface area contributed by atoms with Crippen LogP contribution in [0.5, 0.6) is 0 Å². The predicted molar refractivity (Wildman–Crippen MR) is 100 cm³/mol. The number of carbonyl (C=O) groups is 1. The maximum absolute atomic E-state index is 12.6. The molecule has 0 aromatic carbocycles. The molecule has 0 bridgehead atoms. The van der Waals surface area contributed by atoms with Gasteiger partial charge in [-0.1, -0.05) is 12.1 Å². The average molecular weight is 358 g/mol. The Hall–Kier alpha value is -2.18. The van der Waals surface area contributed by atoms with Crippen molar-refractivity contribution in [2.75, 3.05) is 6.54 Å². The summed E-state index contributed by atoms with van der Waals surface area (Å²) in [6.07, 6.45) is 7.98.